The van der Waals surface area contributed by atoms with Crippen LogP contribution in [0.1, 0.15) is 7.43 Å². The second-order valence-electron chi connectivity index (χ2n) is 9.58. The van der Waals surface area contributed by atoms with Gasteiger partial charge in [-0.2, -0.15) is 0 Å². The molecule has 10 rings (SSSR count). The maximum absolute atomic E-state index is 7.00. The third-order valence-corrected chi connectivity index (χ3v) is 56.5. The van der Waals surface area contributed by atoms with E-state index in [0.717, 1.165) is 7.11 Å². The number of aliphatic hydroxyl groups excluding tert-OH is 1. The molecule has 10 fully saturated rings. The molecule has 14 heavy (non-hydrogen) atoms. The van der Waals surface area contributed by atoms with Gasteiger partial charge in [-0.25, -0.2) is 0 Å². The van der Waals surface area contributed by atoms with Gasteiger partial charge in [0.1, 0.15) is 0 Å². The summed E-state index contributed by atoms with van der Waals surface area (Å²) in [7, 11) is 1.00. The summed E-state index contributed by atoms with van der Waals surface area (Å²) < 4.78 is 0. The summed E-state index contributed by atoms with van der Waals surface area (Å²) in [5, 5.41) is 7.00. The van der Waals surface area contributed by atoms with Crippen molar-refractivity contribution in [3.8, 4) is 0 Å². The molecule has 0 aromatic heterocycles. The predicted molar refractivity (Wildman–Crippen MR) is 52.4 cm³/mol. The molecular weight excluding hydrogens is 216 g/mol. The van der Waals surface area contributed by atoms with Crippen molar-refractivity contribution in [3.05, 3.63) is 0 Å². The second-order valence-corrected chi connectivity index (χ2v) is 33.5. The maximum atomic E-state index is 7.00. The van der Waals surface area contributed by atoms with Gasteiger partial charge in [0.2, 0.25) is 0 Å². The van der Waals surface area contributed by atoms with Crippen LogP contribution in [0.5, 0.6) is 0 Å². The average Bonchev–Trinajstić information content (AvgIpc) is 3.15. The Balaban J connectivity index is 0.000000157. The van der Waals surface area contributed by atoms with Gasteiger partial charge in [0, 0.05) is 7.11 Å². The van der Waals surface area contributed by atoms with Crippen molar-refractivity contribution < 1.29 is 11.6 Å². The molecule has 0 saturated carbocycles. The van der Waals surface area contributed by atoms with Gasteiger partial charge >= 0.3 is 54.7 Å². The zero-order valence-corrected chi connectivity index (χ0v) is 8.68. The van der Waals surface area contributed by atoms with Crippen LogP contribution in [0.4, 0.5) is 0 Å². The summed E-state index contributed by atoms with van der Waals surface area (Å²) in [6.07, 6.45) is 0. The molecule has 10 saturated heterocycles. The summed E-state index contributed by atoms with van der Waals surface area (Å²) in [6, 6.07) is 0. The number of aliphatic hydroxyl groups is 1. The molecule has 1 nitrogen and oxygen atoms in total. The second kappa shape index (κ2) is 0.368. The molecule has 0 amide bonds. The molecule has 2 heteroatoms. The van der Waals surface area contributed by atoms with Crippen LogP contribution in [-0.2, 0) is 6.51 Å². The molecule has 0 aliphatic carbocycles. The SMILES string of the molecule is C.CO.[CH]12[CH]3[CH]4[CH]5[CH]1[Fe]23451678[CH]2[CH]1[CH]6[CH]7[CH]28. The fourth-order valence-corrected chi connectivity index (χ4v) is 88.0. The van der Waals surface area contributed by atoms with E-state index in [2.05, 4.69) is 0 Å². The molecule has 0 atom stereocenters. The number of hydrogen-bond acceptors (Lipinski definition) is 1. The van der Waals surface area contributed by atoms with E-state index in [9.17, 15) is 0 Å². The number of fused-ring (bicyclic) bond motifs is 10. The van der Waals surface area contributed by atoms with Crippen LogP contribution in [0, 0.1) is 0 Å². The molecule has 0 radical (unpaired) electrons. The monoisotopic (exact) mass is 234 g/mol. The molecule has 10 heterocycles. The summed E-state index contributed by atoms with van der Waals surface area (Å²) in [6.45, 7) is -2.28. The number of rotatable bonds is 0. The van der Waals surface area contributed by atoms with E-state index in [-0.39, 0.29) is 7.43 Å². The van der Waals surface area contributed by atoms with E-state index in [1.54, 1.807) is 48.2 Å². The zero-order chi connectivity index (χ0) is 8.09. The third kappa shape index (κ3) is 0.0409. The molecule has 10 aliphatic rings. The van der Waals surface area contributed by atoms with Gasteiger partial charge in [0.25, 0.3) is 0 Å². The fourth-order valence-electron chi connectivity index (χ4n) is 15.8. The van der Waals surface area contributed by atoms with Gasteiger partial charge < -0.3 is 5.11 Å². The van der Waals surface area contributed by atoms with Crippen molar-refractivity contribution in [3.63, 3.8) is 0 Å². The average molecular weight is 234 g/mol. The van der Waals surface area contributed by atoms with Crippen molar-refractivity contribution in [2.45, 2.75) is 55.6 Å². The van der Waals surface area contributed by atoms with Crippen LogP contribution >= 0.6 is 0 Å². The minimum absolute atomic E-state index is 0. The molecule has 0 aromatic rings. The first-order valence-electron chi connectivity index (χ1n) is 5.82. The molecule has 80 valence electrons. The summed E-state index contributed by atoms with van der Waals surface area (Å²) in [5.41, 5.74) is 0. The van der Waals surface area contributed by atoms with Gasteiger partial charge in [-0.3, -0.25) is 0 Å². The fraction of sp³-hybridized carbons (Fsp3) is 1.00. The Hall–Kier alpha value is 0.479. The van der Waals surface area contributed by atoms with E-state index in [4.69, 9.17) is 5.11 Å². The van der Waals surface area contributed by atoms with Crippen molar-refractivity contribution in [1.29, 1.82) is 0 Å². The molecule has 0 unspecified atom stereocenters. The molecule has 1 N–H and O–H groups in total. The summed E-state index contributed by atoms with van der Waals surface area (Å²) >= 11 is 0. The molecule has 1 spiro atoms. The first-order valence-corrected chi connectivity index (χ1v) is 12.2. The Labute approximate surface area is 74.5 Å². The van der Waals surface area contributed by atoms with Gasteiger partial charge in [-0.1, -0.05) is 7.43 Å². The van der Waals surface area contributed by atoms with Gasteiger partial charge in [0.15, 0.2) is 0 Å². The van der Waals surface area contributed by atoms with Crippen LogP contribution in [0.2, 0.25) is 48.2 Å². The molecule has 0 aromatic carbocycles. The van der Waals surface area contributed by atoms with Crippen molar-refractivity contribution >= 4 is 0 Å². The molecular formula is C12H18FeO. The van der Waals surface area contributed by atoms with Crippen LogP contribution < -0.4 is 0 Å². The third-order valence-electron chi connectivity index (χ3n) is 14.5. The topological polar surface area (TPSA) is 20.2 Å². The zero-order valence-electron chi connectivity index (χ0n) is 7.57. The van der Waals surface area contributed by atoms with E-state index >= 15 is 0 Å². The normalized spacial score (nSPS) is 135. The van der Waals surface area contributed by atoms with Gasteiger partial charge in [-0.05, 0) is 0 Å². The Kier molecular flexibility index (Phi) is 0.150. The Bertz CT molecular complexity index is 578. The molecule has 10 aliphatic heterocycles. The van der Waals surface area contributed by atoms with Crippen LogP contribution in [0.3, 0.4) is 0 Å². The van der Waals surface area contributed by atoms with Gasteiger partial charge in [0.05, 0.1) is 0 Å². The Morgan fingerprint density at radius 2 is 0.714 bits per heavy atom. The van der Waals surface area contributed by atoms with Gasteiger partial charge in [-0.15, -0.1) is 0 Å². The Morgan fingerprint density at radius 3 is 0.714 bits per heavy atom. The van der Waals surface area contributed by atoms with E-state index in [1.807, 2.05) is 0 Å². The predicted octanol–water partition coefficient (Wildman–Crippen LogP) is 3.62. The minimum atomic E-state index is -2.28. The van der Waals surface area contributed by atoms with Crippen LogP contribution in [-0.4, -0.2) is 12.2 Å². The standard InChI is InChI=1S/2C5H5.CH4O.CH4.Fe/c2*1-2-4-5-3-1;1-2;;/h2*1-5H;2H,1H3;1H4;. The quantitative estimate of drug-likeness (QED) is 0.634. The van der Waals surface area contributed by atoms with Crippen molar-refractivity contribution in [2.75, 3.05) is 7.11 Å². The van der Waals surface area contributed by atoms with Crippen LogP contribution in [0.15, 0.2) is 0 Å². The van der Waals surface area contributed by atoms with Crippen LogP contribution in [0.25, 0.3) is 0 Å². The number of hydrogen-bond donors (Lipinski definition) is 1. The van der Waals surface area contributed by atoms with Crippen molar-refractivity contribution in [2.24, 2.45) is 0 Å². The first kappa shape index (κ1) is 5.70. The summed E-state index contributed by atoms with van der Waals surface area (Å²) in [4.78, 5) is 15.9. The first-order chi connectivity index (χ1) is 6.16. The van der Waals surface area contributed by atoms with E-state index in [0.29, 0.717) is 0 Å². The van der Waals surface area contributed by atoms with E-state index in [1.165, 1.54) is 0 Å². The Morgan fingerprint density at radius 1 is 0.571 bits per heavy atom. The van der Waals surface area contributed by atoms with E-state index < -0.39 is 6.51 Å². The van der Waals surface area contributed by atoms with Crippen molar-refractivity contribution in [1.82, 2.24) is 0 Å². The molecule has 0 bridgehead atoms. The summed E-state index contributed by atoms with van der Waals surface area (Å²) in [5.74, 6) is 0.